The number of allylic oxidation sites excluding steroid dienone is 1. The van der Waals surface area contributed by atoms with Crippen molar-refractivity contribution in [2.45, 2.75) is 20.0 Å². The van der Waals surface area contributed by atoms with Gasteiger partial charge in [-0.25, -0.2) is 4.98 Å². The molecule has 2 aromatic rings. The van der Waals surface area contributed by atoms with Crippen LogP contribution in [-0.4, -0.2) is 4.98 Å². The number of aryl methyl sites for hydroxylation is 1. The van der Waals surface area contributed by atoms with E-state index >= 15 is 0 Å². The second kappa shape index (κ2) is 7.47. The topological polar surface area (TPSA) is 24.9 Å². The molecule has 0 amide bonds. The first kappa shape index (κ1) is 16.8. The number of alkyl halides is 3. The number of hydrogen-bond donors (Lipinski definition) is 1. The third-order valence-electron chi connectivity index (χ3n) is 2.38. The molecule has 1 heterocycles. The fourth-order valence-corrected chi connectivity index (χ4v) is 1.53. The molecule has 0 bridgehead atoms. The van der Waals surface area contributed by atoms with Crippen molar-refractivity contribution in [1.82, 2.24) is 4.98 Å². The monoisotopic (exact) mass is 294 g/mol. The predicted octanol–water partition coefficient (Wildman–Crippen LogP) is 5.34. The van der Waals surface area contributed by atoms with Crippen LogP contribution in [0.15, 0.2) is 55.3 Å². The fraction of sp³-hybridized carbons (Fsp3) is 0.188. The van der Waals surface area contributed by atoms with Gasteiger partial charge < -0.3 is 5.32 Å². The Morgan fingerprint density at radius 3 is 2.43 bits per heavy atom. The summed E-state index contributed by atoms with van der Waals surface area (Å²) in [4.78, 5) is 4.03. The minimum absolute atomic E-state index is 0.364. The zero-order valence-electron chi connectivity index (χ0n) is 11.9. The van der Waals surface area contributed by atoms with Gasteiger partial charge in [-0.1, -0.05) is 12.1 Å². The number of hydrogen-bond acceptors (Lipinski definition) is 2. The van der Waals surface area contributed by atoms with E-state index in [1.807, 2.05) is 19.9 Å². The van der Waals surface area contributed by atoms with Crippen molar-refractivity contribution in [3.63, 3.8) is 0 Å². The minimum Gasteiger partial charge on any atom is -0.340 e. The SMILES string of the molecule is C=CC.Cc1ccnc(Nc2cccc(C(F)(F)F)c2)c1. The normalized spacial score (nSPS) is 10.3. The maximum absolute atomic E-state index is 12.5. The molecular weight excluding hydrogens is 277 g/mol. The zero-order chi connectivity index (χ0) is 15.9. The Labute approximate surface area is 122 Å². The molecule has 2 rings (SSSR count). The molecule has 112 valence electrons. The second-order valence-electron chi connectivity index (χ2n) is 4.33. The van der Waals surface area contributed by atoms with E-state index in [0.717, 1.165) is 17.7 Å². The van der Waals surface area contributed by atoms with E-state index in [2.05, 4.69) is 16.9 Å². The van der Waals surface area contributed by atoms with Crippen LogP contribution >= 0.6 is 0 Å². The van der Waals surface area contributed by atoms with E-state index in [4.69, 9.17) is 0 Å². The van der Waals surface area contributed by atoms with E-state index in [9.17, 15) is 13.2 Å². The fourth-order valence-electron chi connectivity index (χ4n) is 1.53. The number of halogens is 3. The Morgan fingerprint density at radius 1 is 1.19 bits per heavy atom. The smallest absolute Gasteiger partial charge is 0.340 e. The molecule has 1 aromatic heterocycles. The summed E-state index contributed by atoms with van der Waals surface area (Å²) in [6.45, 7) is 7.14. The van der Waals surface area contributed by atoms with Crippen LogP contribution in [0.2, 0.25) is 0 Å². The summed E-state index contributed by atoms with van der Waals surface area (Å²) in [5.41, 5.74) is 0.669. The van der Waals surface area contributed by atoms with E-state index in [0.29, 0.717) is 11.5 Å². The molecule has 0 saturated heterocycles. The van der Waals surface area contributed by atoms with Crippen molar-refractivity contribution in [3.8, 4) is 0 Å². The molecule has 2 nitrogen and oxygen atoms in total. The molecule has 0 atom stereocenters. The zero-order valence-corrected chi connectivity index (χ0v) is 11.9. The summed E-state index contributed by atoms with van der Waals surface area (Å²) >= 11 is 0. The molecule has 0 aliphatic heterocycles. The van der Waals surface area contributed by atoms with Gasteiger partial charge in [0.15, 0.2) is 0 Å². The second-order valence-corrected chi connectivity index (χ2v) is 4.33. The number of benzene rings is 1. The summed E-state index contributed by atoms with van der Waals surface area (Å²) in [6.07, 6.45) is -0.983. The van der Waals surface area contributed by atoms with Gasteiger partial charge in [0.1, 0.15) is 5.82 Å². The first-order chi connectivity index (χ1) is 9.86. The molecule has 0 unspecified atom stereocenters. The van der Waals surface area contributed by atoms with Gasteiger partial charge in [0.05, 0.1) is 5.56 Å². The average Bonchev–Trinajstić information content (AvgIpc) is 2.39. The Hall–Kier alpha value is -2.30. The van der Waals surface area contributed by atoms with Gasteiger partial charge in [0.25, 0.3) is 0 Å². The van der Waals surface area contributed by atoms with Crippen molar-refractivity contribution in [3.05, 3.63) is 66.4 Å². The highest BCUT2D eigenvalue weighted by molar-refractivity contribution is 5.57. The van der Waals surface area contributed by atoms with Crippen LogP contribution in [0.1, 0.15) is 18.1 Å². The molecule has 0 fully saturated rings. The van der Waals surface area contributed by atoms with Gasteiger partial charge >= 0.3 is 6.18 Å². The highest BCUT2D eigenvalue weighted by Crippen LogP contribution is 2.31. The number of nitrogens with zero attached hydrogens (tertiary/aromatic N) is 1. The summed E-state index contributed by atoms with van der Waals surface area (Å²) in [5, 5.41) is 2.85. The Morgan fingerprint density at radius 2 is 1.86 bits per heavy atom. The van der Waals surface area contributed by atoms with Crippen molar-refractivity contribution in [2.75, 3.05) is 5.32 Å². The molecule has 5 heteroatoms. The first-order valence-corrected chi connectivity index (χ1v) is 6.31. The molecule has 0 radical (unpaired) electrons. The lowest BCUT2D eigenvalue weighted by Gasteiger charge is -2.10. The highest BCUT2D eigenvalue weighted by Gasteiger charge is 2.30. The number of nitrogens with one attached hydrogen (secondary N) is 1. The van der Waals surface area contributed by atoms with Crippen LogP contribution in [0.5, 0.6) is 0 Å². The van der Waals surface area contributed by atoms with E-state index in [-0.39, 0.29) is 0 Å². The largest absolute Gasteiger partial charge is 0.416 e. The third kappa shape index (κ3) is 5.69. The van der Waals surface area contributed by atoms with Gasteiger partial charge in [0.2, 0.25) is 0 Å². The minimum atomic E-state index is -4.34. The lowest BCUT2D eigenvalue weighted by molar-refractivity contribution is -0.137. The van der Waals surface area contributed by atoms with Crippen LogP contribution in [0.4, 0.5) is 24.7 Å². The summed E-state index contributed by atoms with van der Waals surface area (Å²) in [7, 11) is 0. The first-order valence-electron chi connectivity index (χ1n) is 6.31. The summed E-state index contributed by atoms with van der Waals surface area (Å²) in [5.74, 6) is 0.523. The maximum Gasteiger partial charge on any atom is 0.416 e. The van der Waals surface area contributed by atoms with E-state index in [1.165, 1.54) is 6.07 Å². The number of rotatable bonds is 2. The molecule has 1 N–H and O–H groups in total. The van der Waals surface area contributed by atoms with Crippen LogP contribution in [0.25, 0.3) is 0 Å². The number of aromatic nitrogens is 1. The molecule has 0 aliphatic rings. The molecular formula is C16H17F3N2. The molecule has 0 aliphatic carbocycles. The number of anilines is 2. The van der Waals surface area contributed by atoms with Crippen LogP contribution in [0, 0.1) is 6.92 Å². The average molecular weight is 294 g/mol. The molecule has 21 heavy (non-hydrogen) atoms. The van der Waals surface area contributed by atoms with Crippen molar-refractivity contribution < 1.29 is 13.2 Å². The standard InChI is InChI=1S/C13H11F3N2.C3H6/c1-9-5-6-17-12(7-9)18-11-4-2-3-10(8-11)13(14,15)16;1-3-2/h2-8H,1H3,(H,17,18);3H,1H2,2H3. The molecule has 0 spiro atoms. The van der Waals surface area contributed by atoms with Crippen molar-refractivity contribution in [1.29, 1.82) is 0 Å². The lowest BCUT2D eigenvalue weighted by Crippen LogP contribution is -2.05. The summed E-state index contributed by atoms with van der Waals surface area (Å²) < 4.78 is 37.6. The van der Waals surface area contributed by atoms with Crippen LogP contribution < -0.4 is 5.32 Å². The Bertz CT molecular complexity index is 592. The van der Waals surface area contributed by atoms with Crippen molar-refractivity contribution >= 4 is 11.5 Å². The lowest BCUT2D eigenvalue weighted by atomic mass is 10.2. The quantitative estimate of drug-likeness (QED) is 0.756. The van der Waals surface area contributed by atoms with E-state index < -0.39 is 11.7 Å². The number of pyridine rings is 1. The maximum atomic E-state index is 12.5. The van der Waals surface area contributed by atoms with Gasteiger partial charge in [-0.2, -0.15) is 13.2 Å². The van der Waals surface area contributed by atoms with E-state index in [1.54, 1.807) is 24.4 Å². The highest BCUT2D eigenvalue weighted by atomic mass is 19.4. The molecule has 1 aromatic carbocycles. The third-order valence-corrected chi connectivity index (χ3v) is 2.38. The molecule has 0 saturated carbocycles. The van der Waals surface area contributed by atoms with Crippen LogP contribution in [-0.2, 0) is 6.18 Å². The Balaban J connectivity index is 0.000000677. The predicted molar refractivity (Wildman–Crippen MR) is 79.6 cm³/mol. The van der Waals surface area contributed by atoms with Gasteiger partial charge in [-0.3, -0.25) is 0 Å². The van der Waals surface area contributed by atoms with Gasteiger partial charge in [-0.05, 0) is 49.7 Å². The summed E-state index contributed by atoms with van der Waals surface area (Å²) in [6, 6.07) is 8.61. The van der Waals surface area contributed by atoms with Gasteiger partial charge in [-0.15, -0.1) is 6.58 Å². The Kier molecular flexibility index (Phi) is 5.96. The van der Waals surface area contributed by atoms with Gasteiger partial charge in [0, 0.05) is 11.9 Å². The van der Waals surface area contributed by atoms with Crippen LogP contribution in [0.3, 0.4) is 0 Å². The van der Waals surface area contributed by atoms with Crippen molar-refractivity contribution in [2.24, 2.45) is 0 Å².